The van der Waals surface area contributed by atoms with Crippen LogP contribution < -0.4 is 0 Å². The molecular weight excluding hydrogens is 258 g/mol. The monoisotopic (exact) mass is 281 g/mol. The van der Waals surface area contributed by atoms with Gasteiger partial charge in [-0.3, -0.25) is 0 Å². The SMILES string of the molecule is CC[C@H]1[C@H](C(C)(C)C)N1S(=O)(=O)c1ccc(C)cc1. The minimum Gasteiger partial charge on any atom is -0.207 e. The van der Waals surface area contributed by atoms with Crippen LogP contribution in [-0.4, -0.2) is 24.8 Å². The van der Waals surface area contributed by atoms with E-state index in [4.69, 9.17) is 0 Å². The first-order valence-corrected chi connectivity index (χ1v) is 8.24. The van der Waals surface area contributed by atoms with Gasteiger partial charge in [0.05, 0.1) is 4.90 Å². The van der Waals surface area contributed by atoms with Crippen molar-refractivity contribution in [3.8, 4) is 0 Å². The summed E-state index contributed by atoms with van der Waals surface area (Å²) in [7, 11) is -3.34. The number of nitrogens with zero attached hydrogens (tertiary/aromatic N) is 1. The normalized spacial score (nSPS) is 27.3. The maximum atomic E-state index is 12.7. The van der Waals surface area contributed by atoms with E-state index in [9.17, 15) is 8.42 Å². The summed E-state index contributed by atoms with van der Waals surface area (Å²) in [6, 6.07) is 7.37. The lowest BCUT2D eigenvalue weighted by molar-refractivity contribution is 0.368. The van der Waals surface area contributed by atoms with Crippen LogP contribution in [0.15, 0.2) is 29.2 Å². The van der Waals surface area contributed by atoms with Crippen molar-refractivity contribution < 1.29 is 8.42 Å². The Morgan fingerprint density at radius 2 is 1.68 bits per heavy atom. The summed E-state index contributed by atoms with van der Waals surface area (Å²) in [5.74, 6) is 0. The van der Waals surface area contributed by atoms with Crippen LogP contribution in [0.4, 0.5) is 0 Å². The lowest BCUT2D eigenvalue weighted by Crippen LogP contribution is -2.23. The van der Waals surface area contributed by atoms with Crippen LogP contribution >= 0.6 is 0 Å². The van der Waals surface area contributed by atoms with Crippen molar-refractivity contribution in [3.63, 3.8) is 0 Å². The molecule has 4 heteroatoms. The van der Waals surface area contributed by atoms with E-state index in [1.807, 2.05) is 26.0 Å². The molecule has 106 valence electrons. The van der Waals surface area contributed by atoms with E-state index < -0.39 is 10.0 Å². The average molecular weight is 281 g/mol. The van der Waals surface area contributed by atoms with Crippen LogP contribution in [-0.2, 0) is 10.0 Å². The van der Waals surface area contributed by atoms with Crippen LogP contribution in [0.3, 0.4) is 0 Å². The molecule has 0 saturated carbocycles. The standard InChI is InChI=1S/C15H23NO2S/c1-6-13-14(15(3,4)5)16(13)19(17,18)12-9-7-11(2)8-10-12/h7-10,13-14H,6H2,1-5H3/t13-,14+,16?/m0/s1. The third kappa shape index (κ3) is 2.56. The molecular formula is C15H23NO2S. The number of sulfonamides is 1. The van der Waals surface area contributed by atoms with Gasteiger partial charge in [-0.05, 0) is 30.9 Å². The number of hydrogen-bond acceptors (Lipinski definition) is 2. The van der Waals surface area contributed by atoms with Gasteiger partial charge in [0.1, 0.15) is 0 Å². The van der Waals surface area contributed by atoms with Crippen LogP contribution in [0.2, 0.25) is 0 Å². The summed E-state index contributed by atoms with van der Waals surface area (Å²) in [4.78, 5) is 0.406. The Balaban J connectivity index is 2.34. The Morgan fingerprint density at radius 3 is 2.05 bits per heavy atom. The fraction of sp³-hybridized carbons (Fsp3) is 0.600. The van der Waals surface area contributed by atoms with E-state index in [1.54, 1.807) is 16.4 Å². The molecule has 0 N–H and O–H groups in total. The van der Waals surface area contributed by atoms with E-state index in [1.165, 1.54) is 0 Å². The van der Waals surface area contributed by atoms with Crippen molar-refractivity contribution in [3.05, 3.63) is 29.8 Å². The van der Waals surface area contributed by atoms with Gasteiger partial charge in [-0.15, -0.1) is 0 Å². The van der Waals surface area contributed by atoms with E-state index >= 15 is 0 Å². The summed E-state index contributed by atoms with van der Waals surface area (Å²) < 4.78 is 27.0. The van der Waals surface area contributed by atoms with Gasteiger partial charge in [0, 0.05) is 12.1 Å². The predicted molar refractivity (Wildman–Crippen MR) is 77.5 cm³/mol. The molecule has 0 aliphatic carbocycles. The summed E-state index contributed by atoms with van der Waals surface area (Å²) in [6.07, 6.45) is 0.868. The molecule has 1 fully saturated rings. The molecule has 0 amide bonds. The predicted octanol–water partition coefficient (Wildman–Crippen LogP) is 3.19. The first-order chi connectivity index (χ1) is 8.69. The molecule has 0 bridgehead atoms. The topological polar surface area (TPSA) is 37.1 Å². The Labute approximate surface area is 116 Å². The van der Waals surface area contributed by atoms with Gasteiger partial charge in [0.25, 0.3) is 0 Å². The third-order valence-corrected chi connectivity index (χ3v) is 5.70. The molecule has 1 unspecified atom stereocenters. The smallest absolute Gasteiger partial charge is 0.207 e. The minimum absolute atomic E-state index is 0.0154. The molecule has 1 aromatic rings. The van der Waals surface area contributed by atoms with Crippen molar-refractivity contribution in [2.75, 3.05) is 0 Å². The number of rotatable bonds is 3. The second kappa shape index (κ2) is 4.60. The Bertz CT molecular complexity index is 555. The fourth-order valence-corrected chi connectivity index (χ4v) is 4.82. The van der Waals surface area contributed by atoms with Crippen LogP contribution in [0.1, 0.15) is 39.7 Å². The quantitative estimate of drug-likeness (QED) is 0.798. The van der Waals surface area contributed by atoms with Crippen LogP contribution in [0, 0.1) is 12.3 Å². The molecule has 3 atom stereocenters. The third-order valence-electron chi connectivity index (χ3n) is 3.78. The zero-order valence-electron chi connectivity index (χ0n) is 12.3. The van der Waals surface area contributed by atoms with Crippen molar-refractivity contribution in [2.24, 2.45) is 5.41 Å². The van der Waals surface area contributed by atoms with Gasteiger partial charge in [0.15, 0.2) is 0 Å². The molecule has 3 nitrogen and oxygen atoms in total. The second-order valence-electron chi connectivity index (χ2n) is 6.43. The van der Waals surface area contributed by atoms with Gasteiger partial charge in [-0.1, -0.05) is 45.4 Å². The number of aryl methyl sites for hydroxylation is 1. The Hall–Kier alpha value is -0.870. The molecule has 0 spiro atoms. The summed E-state index contributed by atoms with van der Waals surface area (Å²) in [5, 5.41) is 0. The Kier molecular flexibility index (Phi) is 3.52. The molecule has 1 saturated heterocycles. The van der Waals surface area contributed by atoms with E-state index in [0.717, 1.165) is 12.0 Å². The van der Waals surface area contributed by atoms with Gasteiger partial charge in [-0.2, -0.15) is 4.31 Å². The van der Waals surface area contributed by atoms with Crippen molar-refractivity contribution in [1.82, 2.24) is 4.31 Å². The fourth-order valence-electron chi connectivity index (χ4n) is 2.78. The molecule has 1 aliphatic heterocycles. The highest BCUT2D eigenvalue weighted by Crippen LogP contribution is 2.47. The first-order valence-electron chi connectivity index (χ1n) is 6.80. The molecule has 1 aliphatic rings. The zero-order chi connectivity index (χ0) is 14.4. The maximum Gasteiger partial charge on any atom is 0.243 e. The van der Waals surface area contributed by atoms with Crippen molar-refractivity contribution in [2.45, 2.75) is 58.0 Å². The highest BCUT2D eigenvalue weighted by molar-refractivity contribution is 7.89. The highest BCUT2D eigenvalue weighted by Gasteiger charge is 2.58. The van der Waals surface area contributed by atoms with Gasteiger partial charge in [-0.25, -0.2) is 8.42 Å². The highest BCUT2D eigenvalue weighted by atomic mass is 32.2. The largest absolute Gasteiger partial charge is 0.243 e. The van der Waals surface area contributed by atoms with Gasteiger partial charge in [0.2, 0.25) is 10.0 Å². The molecule has 0 aromatic heterocycles. The van der Waals surface area contributed by atoms with Gasteiger partial charge >= 0.3 is 0 Å². The molecule has 1 aromatic carbocycles. The molecule has 19 heavy (non-hydrogen) atoms. The first kappa shape index (κ1) is 14.5. The lowest BCUT2D eigenvalue weighted by atomic mass is 9.89. The van der Waals surface area contributed by atoms with Crippen LogP contribution in [0.25, 0.3) is 0 Å². The molecule has 0 radical (unpaired) electrons. The second-order valence-corrected chi connectivity index (χ2v) is 8.28. The Morgan fingerprint density at radius 1 is 1.16 bits per heavy atom. The zero-order valence-corrected chi connectivity index (χ0v) is 13.2. The lowest BCUT2D eigenvalue weighted by Gasteiger charge is -2.18. The minimum atomic E-state index is -3.34. The van der Waals surface area contributed by atoms with E-state index in [0.29, 0.717) is 4.90 Å². The van der Waals surface area contributed by atoms with Crippen molar-refractivity contribution in [1.29, 1.82) is 0 Å². The van der Waals surface area contributed by atoms with Crippen LogP contribution in [0.5, 0.6) is 0 Å². The maximum absolute atomic E-state index is 12.7. The van der Waals surface area contributed by atoms with E-state index in [-0.39, 0.29) is 17.5 Å². The van der Waals surface area contributed by atoms with Gasteiger partial charge < -0.3 is 0 Å². The average Bonchev–Trinajstić information content (AvgIpc) is 3.04. The van der Waals surface area contributed by atoms with Crippen molar-refractivity contribution >= 4 is 10.0 Å². The summed E-state index contributed by atoms with van der Waals surface area (Å²) in [6.45, 7) is 10.3. The molecule has 1 heterocycles. The number of hydrogen-bond donors (Lipinski definition) is 0. The summed E-state index contributed by atoms with van der Waals surface area (Å²) >= 11 is 0. The summed E-state index contributed by atoms with van der Waals surface area (Å²) in [5.41, 5.74) is 1.06. The van der Waals surface area contributed by atoms with E-state index in [2.05, 4.69) is 20.8 Å². The molecule has 2 rings (SSSR count). The number of benzene rings is 1.